The molecule has 1 aromatic rings. The van der Waals surface area contributed by atoms with Crippen molar-refractivity contribution in [3.05, 3.63) is 34.4 Å². The number of halogens is 1. The summed E-state index contributed by atoms with van der Waals surface area (Å²) in [7, 11) is 1.64. The number of methoxy groups -OCH3 is 1. The maximum absolute atomic E-state index is 6.31. The van der Waals surface area contributed by atoms with E-state index in [9.17, 15) is 0 Å². The van der Waals surface area contributed by atoms with Gasteiger partial charge in [0.1, 0.15) is 6.61 Å². The zero-order valence-corrected chi connectivity index (χ0v) is 13.1. The van der Waals surface area contributed by atoms with Gasteiger partial charge < -0.3 is 14.8 Å². The SMILES string of the molecule is COc1cc(CNC2CC2)cc(Cl)c1OCC=C(C)C. The molecule has 0 aromatic heterocycles. The molecule has 1 N–H and O–H groups in total. The van der Waals surface area contributed by atoms with Crippen molar-refractivity contribution in [3.63, 3.8) is 0 Å². The fourth-order valence-corrected chi connectivity index (χ4v) is 2.14. The second kappa shape index (κ2) is 7.00. The highest BCUT2D eigenvalue weighted by Crippen LogP contribution is 2.36. The van der Waals surface area contributed by atoms with E-state index < -0.39 is 0 Å². The first kappa shape index (κ1) is 15.2. The quantitative estimate of drug-likeness (QED) is 0.773. The highest BCUT2D eigenvalue weighted by atomic mass is 35.5. The van der Waals surface area contributed by atoms with Crippen molar-refractivity contribution in [1.82, 2.24) is 5.32 Å². The first-order valence-corrected chi connectivity index (χ1v) is 7.34. The number of allylic oxidation sites excluding steroid dienone is 1. The maximum atomic E-state index is 6.31. The molecule has 0 aliphatic heterocycles. The highest BCUT2D eigenvalue weighted by Gasteiger charge is 2.20. The fraction of sp³-hybridized carbons (Fsp3) is 0.500. The minimum Gasteiger partial charge on any atom is -0.493 e. The zero-order valence-electron chi connectivity index (χ0n) is 12.3. The molecule has 20 heavy (non-hydrogen) atoms. The molecule has 0 heterocycles. The van der Waals surface area contributed by atoms with E-state index >= 15 is 0 Å². The molecule has 2 rings (SSSR count). The van der Waals surface area contributed by atoms with Crippen molar-refractivity contribution in [2.24, 2.45) is 0 Å². The Morgan fingerprint density at radius 3 is 2.75 bits per heavy atom. The van der Waals surface area contributed by atoms with E-state index in [1.807, 2.05) is 32.1 Å². The van der Waals surface area contributed by atoms with E-state index in [0.29, 0.717) is 29.2 Å². The van der Waals surface area contributed by atoms with Crippen LogP contribution in [0.1, 0.15) is 32.3 Å². The molecule has 0 bridgehead atoms. The average Bonchev–Trinajstić information content (AvgIpc) is 3.22. The molecule has 1 aliphatic carbocycles. The molecule has 4 heteroatoms. The Balaban J connectivity index is 2.07. The molecule has 1 aliphatic rings. The van der Waals surface area contributed by atoms with Crippen molar-refractivity contribution in [2.45, 2.75) is 39.3 Å². The molecule has 3 nitrogen and oxygen atoms in total. The van der Waals surface area contributed by atoms with Crippen LogP contribution in [0.4, 0.5) is 0 Å². The number of hydrogen-bond donors (Lipinski definition) is 1. The molecule has 1 saturated carbocycles. The minimum atomic E-state index is 0.498. The third kappa shape index (κ3) is 4.43. The standard InChI is InChI=1S/C16H22ClNO2/c1-11(2)6-7-20-16-14(17)8-12(9-15(16)19-3)10-18-13-4-5-13/h6,8-9,13,18H,4-5,7,10H2,1-3H3. The summed E-state index contributed by atoms with van der Waals surface area (Å²) < 4.78 is 11.1. The predicted molar refractivity (Wildman–Crippen MR) is 82.8 cm³/mol. The number of nitrogens with one attached hydrogen (secondary N) is 1. The van der Waals surface area contributed by atoms with Crippen LogP contribution < -0.4 is 14.8 Å². The van der Waals surface area contributed by atoms with Gasteiger partial charge in [-0.2, -0.15) is 0 Å². The van der Waals surface area contributed by atoms with Crippen LogP contribution in [-0.2, 0) is 6.54 Å². The summed E-state index contributed by atoms with van der Waals surface area (Å²) >= 11 is 6.31. The second-order valence-corrected chi connectivity index (χ2v) is 5.76. The summed E-state index contributed by atoms with van der Waals surface area (Å²) in [4.78, 5) is 0. The minimum absolute atomic E-state index is 0.498. The molecule has 0 amide bonds. The Labute approximate surface area is 125 Å². The smallest absolute Gasteiger partial charge is 0.180 e. The first-order chi connectivity index (χ1) is 9.60. The Morgan fingerprint density at radius 2 is 2.15 bits per heavy atom. The summed E-state index contributed by atoms with van der Waals surface area (Å²) in [6.07, 6.45) is 4.56. The molecule has 1 fully saturated rings. The van der Waals surface area contributed by atoms with Gasteiger partial charge in [0.15, 0.2) is 11.5 Å². The Hall–Kier alpha value is -1.19. The fourth-order valence-electron chi connectivity index (χ4n) is 1.86. The summed E-state index contributed by atoms with van der Waals surface area (Å²) in [5.41, 5.74) is 2.33. The summed E-state index contributed by atoms with van der Waals surface area (Å²) in [6, 6.07) is 4.60. The lowest BCUT2D eigenvalue weighted by Gasteiger charge is -2.13. The number of rotatable bonds is 7. The van der Waals surface area contributed by atoms with Gasteiger partial charge in [-0.05, 0) is 50.5 Å². The summed E-state index contributed by atoms with van der Waals surface area (Å²) in [5.74, 6) is 1.30. The normalized spacial score (nSPS) is 14.0. The molecule has 0 atom stereocenters. The van der Waals surface area contributed by atoms with E-state index in [4.69, 9.17) is 21.1 Å². The Morgan fingerprint density at radius 1 is 1.40 bits per heavy atom. The lowest BCUT2D eigenvalue weighted by Crippen LogP contribution is -2.15. The van der Waals surface area contributed by atoms with Gasteiger partial charge in [-0.3, -0.25) is 0 Å². The van der Waals surface area contributed by atoms with Gasteiger partial charge >= 0.3 is 0 Å². The van der Waals surface area contributed by atoms with Crippen LogP contribution in [0.5, 0.6) is 11.5 Å². The van der Waals surface area contributed by atoms with Gasteiger partial charge in [-0.15, -0.1) is 0 Å². The zero-order chi connectivity index (χ0) is 14.5. The van der Waals surface area contributed by atoms with E-state index in [-0.39, 0.29) is 0 Å². The summed E-state index contributed by atoms with van der Waals surface area (Å²) in [5, 5.41) is 4.06. The molecule has 0 spiro atoms. The van der Waals surface area contributed by atoms with Crippen LogP contribution in [0.2, 0.25) is 5.02 Å². The van der Waals surface area contributed by atoms with Crippen LogP contribution in [0, 0.1) is 0 Å². The highest BCUT2D eigenvalue weighted by molar-refractivity contribution is 6.32. The van der Waals surface area contributed by atoms with Crippen LogP contribution >= 0.6 is 11.6 Å². The van der Waals surface area contributed by atoms with Crippen molar-refractivity contribution in [2.75, 3.05) is 13.7 Å². The first-order valence-electron chi connectivity index (χ1n) is 6.96. The lowest BCUT2D eigenvalue weighted by atomic mass is 10.2. The maximum Gasteiger partial charge on any atom is 0.180 e. The number of ether oxygens (including phenoxy) is 2. The number of hydrogen-bond acceptors (Lipinski definition) is 3. The largest absolute Gasteiger partial charge is 0.493 e. The predicted octanol–water partition coefficient (Wildman–Crippen LogP) is 3.95. The van der Waals surface area contributed by atoms with Gasteiger partial charge in [0.2, 0.25) is 0 Å². The molecule has 1 aromatic carbocycles. The molecule has 110 valence electrons. The molecular formula is C16H22ClNO2. The topological polar surface area (TPSA) is 30.5 Å². The Kier molecular flexibility index (Phi) is 5.32. The van der Waals surface area contributed by atoms with Gasteiger partial charge in [0.25, 0.3) is 0 Å². The van der Waals surface area contributed by atoms with Crippen LogP contribution in [0.15, 0.2) is 23.8 Å². The van der Waals surface area contributed by atoms with E-state index in [0.717, 1.165) is 12.1 Å². The lowest BCUT2D eigenvalue weighted by molar-refractivity contribution is 0.325. The van der Waals surface area contributed by atoms with Crippen molar-refractivity contribution in [1.29, 1.82) is 0 Å². The second-order valence-electron chi connectivity index (χ2n) is 5.36. The van der Waals surface area contributed by atoms with E-state index in [2.05, 4.69) is 5.32 Å². The summed E-state index contributed by atoms with van der Waals surface area (Å²) in [6.45, 7) is 5.39. The molecule has 0 unspecified atom stereocenters. The van der Waals surface area contributed by atoms with Gasteiger partial charge in [-0.1, -0.05) is 17.2 Å². The van der Waals surface area contributed by atoms with E-state index in [1.54, 1.807) is 7.11 Å². The third-order valence-corrected chi connectivity index (χ3v) is 3.46. The molecule has 0 saturated heterocycles. The van der Waals surface area contributed by atoms with Crippen molar-refractivity contribution >= 4 is 11.6 Å². The van der Waals surface area contributed by atoms with Gasteiger partial charge in [0.05, 0.1) is 12.1 Å². The van der Waals surface area contributed by atoms with Crippen molar-refractivity contribution < 1.29 is 9.47 Å². The number of benzene rings is 1. The van der Waals surface area contributed by atoms with Crippen LogP contribution in [0.25, 0.3) is 0 Å². The van der Waals surface area contributed by atoms with Crippen LogP contribution in [-0.4, -0.2) is 19.8 Å². The average molecular weight is 296 g/mol. The third-order valence-electron chi connectivity index (χ3n) is 3.18. The Bertz CT molecular complexity index is 491. The van der Waals surface area contributed by atoms with Crippen LogP contribution in [0.3, 0.4) is 0 Å². The molecular weight excluding hydrogens is 274 g/mol. The monoisotopic (exact) mass is 295 g/mol. The van der Waals surface area contributed by atoms with Gasteiger partial charge in [0, 0.05) is 12.6 Å². The van der Waals surface area contributed by atoms with Crippen molar-refractivity contribution in [3.8, 4) is 11.5 Å². The molecule has 0 radical (unpaired) electrons. The van der Waals surface area contributed by atoms with E-state index in [1.165, 1.54) is 18.4 Å². The van der Waals surface area contributed by atoms with Gasteiger partial charge in [-0.25, -0.2) is 0 Å².